The molecule has 2 rings (SSSR count). The van der Waals surface area contributed by atoms with E-state index in [0.29, 0.717) is 19.5 Å². The molecular weight excluding hydrogens is 308 g/mol. The Hall–Kier alpha value is -2.24. The van der Waals surface area contributed by atoms with E-state index in [1.54, 1.807) is 4.90 Å². The van der Waals surface area contributed by atoms with E-state index in [1.165, 1.54) is 0 Å². The van der Waals surface area contributed by atoms with Gasteiger partial charge in [-0.25, -0.2) is 9.59 Å². The fourth-order valence-electron chi connectivity index (χ4n) is 2.54. The van der Waals surface area contributed by atoms with Gasteiger partial charge in [-0.15, -0.1) is 0 Å². The van der Waals surface area contributed by atoms with Crippen molar-refractivity contribution in [3.63, 3.8) is 0 Å². The van der Waals surface area contributed by atoms with Crippen LogP contribution in [0.1, 0.15) is 39.7 Å². The zero-order valence-corrected chi connectivity index (χ0v) is 14.8. The highest BCUT2D eigenvalue weighted by Gasteiger charge is 2.46. The highest BCUT2D eigenvalue weighted by atomic mass is 16.6. The van der Waals surface area contributed by atoms with Gasteiger partial charge in [-0.2, -0.15) is 0 Å². The molecule has 0 saturated carbocycles. The molecule has 0 atom stereocenters. The number of likely N-dealkylation sites (tertiary alicyclic amines) is 1. The monoisotopic (exact) mass is 334 g/mol. The van der Waals surface area contributed by atoms with Crippen LogP contribution in [0.25, 0.3) is 0 Å². The lowest BCUT2D eigenvalue weighted by Crippen LogP contribution is -2.71. The molecule has 1 aromatic rings. The number of amides is 2. The molecule has 24 heavy (non-hydrogen) atoms. The third-order valence-corrected chi connectivity index (χ3v) is 3.89. The van der Waals surface area contributed by atoms with Crippen LogP contribution < -0.4 is 5.32 Å². The molecule has 0 bridgehead atoms. The summed E-state index contributed by atoms with van der Waals surface area (Å²) in [6, 6.07) is 9.53. The summed E-state index contributed by atoms with van der Waals surface area (Å²) in [6.07, 6.45) is -0.107. The molecule has 1 N–H and O–H groups in total. The molecule has 1 fully saturated rings. The maximum Gasteiger partial charge on any atom is 0.410 e. The minimum absolute atomic E-state index is 0.245. The van der Waals surface area contributed by atoms with Gasteiger partial charge in [0.25, 0.3) is 0 Å². The van der Waals surface area contributed by atoms with Gasteiger partial charge in [0, 0.05) is 13.1 Å². The zero-order chi connectivity index (χ0) is 17.8. The summed E-state index contributed by atoms with van der Waals surface area (Å²) in [5.74, 6) is 0. The van der Waals surface area contributed by atoms with Crippen molar-refractivity contribution in [3.8, 4) is 0 Å². The molecule has 1 saturated heterocycles. The molecule has 0 spiro atoms. The van der Waals surface area contributed by atoms with E-state index in [-0.39, 0.29) is 12.7 Å². The van der Waals surface area contributed by atoms with Gasteiger partial charge in [-0.05, 0) is 32.8 Å². The number of nitrogens with one attached hydrogen (secondary N) is 1. The van der Waals surface area contributed by atoms with Gasteiger partial charge in [0.15, 0.2) is 0 Å². The molecule has 0 radical (unpaired) electrons. The average molecular weight is 334 g/mol. The Kier molecular flexibility index (Phi) is 5.36. The van der Waals surface area contributed by atoms with E-state index < -0.39 is 17.2 Å². The van der Waals surface area contributed by atoms with Crippen LogP contribution in [0.15, 0.2) is 30.3 Å². The number of carbonyl (C=O) groups is 2. The van der Waals surface area contributed by atoms with E-state index in [9.17, 15) is 9.59 Å². The number of nitrogens with zero attached hydrogens (tertiary/aromatic N) is 1. The van der Waals surface area contributed by atoms with E-state index in [4.69, 9.17) is 9.47 Å². The van der Waals surface area contributed by atoms with Gasteiger partial charge in [-0.3, -0.25) is 0 Å². The predicted molar refractivity (Wildman–Crippen MR) is 90.6 cm³/mol. The Morgan fingerprint density at radius 3 is 2.38 bits per heavy atom. The summed E-state index contributed by atoms with van der Waals surface area (Å²) in [5, 5.41) is 2.88. The van der Waals surface area contributed by atoms with Crippen molar-refractivity contribution >= 4 is 12.2 Å². The molecule has 132 valence electrons. The highest BCUT2D eigenvalue weighted by molar-refractivity contribution is 5.72. The minimum Gasteiger partial charge on any atom is -0.445 e. The lowest BCUT2D eigenvalue weighted by atomic mass is 9.87. The summed E-state index contributed by atoms with van der Waals surface area (Å²) in [6.45, 7) is 8.53. The van der Waals surface area contributed by atoms with Crippen molar-refractivity contribution in [2.24, 2.45) is 0 Å². The van der Waals surface area contributed by atoms with Crippen LogP contribution in [0.5, 0.6) is 0 Å². The summed E-state index contributed by atoms with van der Waals surface area (Å²) < 4.78 is 10.6. The minimum atomic E-state index is -0.545. The number of ether oxygens (including phenoxy) is 2. The Balaban J connectivity index is 1.80. The van der Waals surface area contributed by atoms with Gasteiger partial charge in [0.05, 0.1) is 5.54 Å². The molecule has 2 amide bonds. The molecule has 1 aromatic carbocycles. The molecular formula is C18H26N2O4. The van der Waals surface area contributed by atoms with Crippen molar-refractivity contribution in [3.05, 3.63) is 35.9 Å². The quantitative estimate of drug-likeness (QED) is 0.917. The predicted octanol–water partition coefficient (Wildman–Crippen LogP) is 3.31. The first-order valence-electron chi connectivity index (χ1n) is 8.20. The third-order valence-electron chi connectivity index (χ3n) is 3.89. The number of hydrogen-bond donors (Lipinski definition) is 1. The molecule has 1 heterocycles. The van der Waals surface area contributed by atoms with Crippen molar-refractivity contribution in [2.45, 2.75) is 51.9 Å². The standard InChI is InChI=1S/C18H26N2O4/c1-5-18(19-15(21)24-17(2,3)4)12-20(13-18)16(22)23-11-14-9-7-6-8-10-14/h6-10H,5,11-13H2,1-4H3,(H,19,21). The van der Waals surface area contributed by atoms with Crippen LogP contribution in [-0.4, -0.2) is 41.3 Å². The highest BCUT2D eigenvalue weighted by Crippen LogP contribution is 2.26. The second-order valence-electron chi connectivity index (χ2n) is 7.16. The smallest absolute Gasteiger partial charge is 0.410 e. The topological polar surface area (TPSA) is 67.9 Å². The lowest BCUT2D eigenvalue weighted by Gasteiger charge is -2.49. The fraction of sp³-hybridized carbons (Fsp3) is 0.556. The van der Waals surface area contributed by atoms with E-state index in [1.807, 2.05) is 58.0 Å². The van der Waals surface area contributed by atoms with Crippen LogP contribution >= 0.6 is 0 Å². The van der Waals surface area contributed by atoms with Crippen LogP contribution in [0.2, 0.25) is 0 Å². The molecule has 0 aromatic heterocycles. The Bertz CT molecular complexity index is 574. The number of hydrogen-bond acceptors (Lipinski definition) is 4. The number of benzene rings is 1. The molecule has 6 nitrogen and oxygen atoms in total. The summed E-state index contributed by atoms with van der Waals surface area (Å²) >= 11 is 0. The van der Waals surface area contributed by atoms with Crippen LogP contribution in [0.3, 0.4) is 0 Å². The van der Waals surface area contributed by atoms with Crippen LogP contribution in [-0.2, 0) is 16.1 Å². The van der Waals surface area contributed by atoms with Gasteiger partial charge < -0.3 is 19.7 Å². The Morgan fingerprint density at radius 2 is 1.83 bits per heavy atom. The van der Waals surface area contributed by atoms with E-state index in [0.717, 1.165) is 5.56 Å². The van der Waals surface area contributed by atoms with Crippen LogP contribution in [0.4, 0.5) is 9.59 Å². The number of alkyl carbamates (subject to hydrolysis) is 1. The molecule has 1 aliphatic rings. The molecule has 6 heteroatoms. The number of carbonyl (C=O) groups excluding carboxylic acids is 2. The van der Waals surface area contributed by atoms with Crippen molar-refractivity contribution < 1.29 is 19.1 Å². The molecule has 0 unspecified atom stereocenters. The van der Waals surface area contributed by atoms with Gasteiger partial charge >= 0.3 is 12.2 Å². The maximum atomic E-state index is 12.1. The molecule has 0 aliphatic carbocycles. The lowest BCUT2D eigenvalue weighted by molar-refractivity contribution is 0.00327. The van der Waals surface area contributed by atoms with Gasteiger partial charge in [-0.1, -0.05) is 37.3 Å². The molecule has 1 aliphatic heterocycles. The summed E-state index contributed by atoms with van der Waals surface area (Å²) in [4.78, 5) is 25.6. The zero-order valence-electron chi connectivity index (χ0n) is 14.8. The first kappa shape index (κ1) is 18.1. The second-order valence-corrected chi connectivity index (χ2v) is 7.16. The SMILES string of the molecule is CCC1(NC(=O)OC(C)(C)C)CN(C(=O)OCc2ccccc2)C1. The van der Waals surface area contributed by atoms with Crippen molar-refractivity contribution in [2.75, 3.05) is 13.1 Å². The van der Waals surface area contributed by atoms with Gasteiger partial charge in [0.2, 0.25) is 0 Å². The third kappa shape index (κ3) is 4.88. The van der Waals surface area contributed by atoms with E-state index >= 15 is 0 Å². The van der Waals surface area contributed by atoms with Gasteiger partial charge in [0.1, 0.15) is 12.2 Å². The van der Waals surface area contributed by atoms with E-state index in [2.05, 4.69) is 5.32 Å². The summed E-state index contributed by atoms with van der Waals surface area (Å²) in [7, 11) is 0. The fourth-order valence-corrected chi connectivity index (χ4v) is 2.54. The van der Waals surface area contributed by atoms with Crippen LogP contribution in [0, 0.1) is 0 Å². The normalized spacial score (nSPS) is 16.1. The Labute approximate surface area is 143 Å². The largest absolute Gasteiger partial charge is 0.445 e. The maximum absolute atomic E-state index is 12.1. The Morgan fingerprint density at radius 1 is 1.21 bits per heavy atom. The number of rotatable bonds is 4. The first-order valence-corrected chi connectivity index (χ1v) is 8.20. The average Bonchev–Trinajstić information content (AvgIpc) is 2.47. The second kappa shape index (κ2) is 7.11. The first-order chi connectivity index (χ1) is 11.2. The summed E-state index contributed by atoms with van der Waals surface area (Å²) in [5.41, 5.74) is -0.0365. The van der Waals surface area contributed by atoms with Crippen molar-refractivity contribution in [1.29, 1.82) is 0 Å². The van der Waals surface area contributed by atoms with Crippen molar-refractivity contribution in [1.82, 2.24) is 10.2 Å².